The van der Waals surface area contributed by atoms with E-state index in [1.54, 1.807) is 5.57 Å². The molecule has 0 aromatic heterocycles. The van der Waals surface area contributed by atoms with Crippen LogP contribution in [0.25, 0.3) is 0 Å². The van der Waals surface area contributed by atoms with Gasteiger partial charge in [0.15, 0.2) is 5.78 Å². The second kappa shape index (κ2) is 4.52. The monoisotopic (exact) mass is 378 g/mol. The van der Waals surface area contributed by atoms with Gasteiger partial charge in [-0.25, -0.2) is 0 Å². The summed E-state index contributed by atoms with van der Waals surface area (Å²) < 4.78 is 6.08. The maximum Gasteiger partial charge on any atom is 0.306 e. The molecule has 2 spiro atoms. The fourth-order valence-corrected chi connectivity index (χ4v) is 9.03. The molecule has 0 aromatic rings. The van der Waals surface area contributed by atoms with E-state index in [1.807, 2.05) is 0 Å². The first-order valence-corrected chi connectivity index (χ1v) is 11.5. The Kier molecular flexibility index (Phi) is 2.65. The molecular formula is C25H30O3. The molecule has 7 rings (SSSR count). The quantitative estimate of drug-likeness (QED) is 0.451. The van der Waals surface area contributed by atoms with Crippen LogP contribution in [0.4, 0.5) is 0 Å². The number of carbonyl (C=O) groups is 2. The van der Waals surface area contributed by atoms with E-state index >= 15 is 0 Å². The Morgan fingerprint density at radius 3 is 2.57 bits per heavy atom. The van der Waals surface area contributed by atoms with Gasteiger partial charge in [-0.3, -0.25) is 9.59 Å². The summed E-state index contributed by atoms with van der Waals surface area (Å²) in [5, 5.41) is 0. The lowest BCUT2D eigenvalue weighted by Gasteiger charge is -2.57. The van der Waals surface area contributed by atoms with Gasteiger partial charge in [0.25, 0.3) is 0 Å². The third-order valence-corrected chi connectivity index (χ3v) is 10.8. The predicted molar refractivity (Wildman–Crippen MR) is 104 cm³/mol. The maximum atomic E-state index is 12.6. The third kappa shape index (κ3) is 1.60. The number of allylic oxidation sites excluding steroid dienone is 4. The van der Waals surface area contributed by atoms with E-state index < -0.39 is 0 Å². The number of rotatable bonds is 0. The molecule has 5 fully saturated rings. The number of carbonyl (C=O) groups excluding carboxylic acids is 2. The van der Waals surface area contributed by atoms with Gasteiger partial charge in [0.05, 0.1) is 0 Å². The summed E-state index contributed by atoms with van der Waals surface area (Å²) in [6, 6.07) is 0. The summed E-state index contributed by atoms with van der Waals surface area (Å²) in [6.45, 7) is 4.91. The lowest BCUT2D eigenvalue weighted by molar-refractivity contribution is -0.160. The van der Waals surface area contributed by atoms with Gasteiger partial charge in [-0.05, 0) is 80.6 Å². The molecule has 0 amide bonds. The lowest BCUT2D eigenvalue weighted by atomic mass is 9.47. The van der Waals surface area contributed by atoms with Gasteiger partial charge >= 0.3 is 5.97 Å². The second-order valence-corrected chi connectivity index (χ2v) is 11.6. The normalized spacial score (nSPS) is 54.4. The maximum absolute atomic E-state index is 12.6. The summed E-state index contributed by atoms with van der Waals surface area (Å²) in [4.78, 5) is 24.7. The van der Waals surface area contributed by atoms with E-state index in [0.717, 1.165) is 25.7 Å². The zero-order valence-corrected chi connectivity index (χ0v) is 17.1. The van der Waals surface area contributed by atoms with Gasteiger partial charge in [0, 0.05) is 23.2 Å². The molecule has 0 bridgehead atoms. The molecule has 0 aromatic carbocycles. The van der Waals surface area contributed by atoms with Crippen molar-refractivity contribution in [3.63, 3.8) is 0 Å². The molecule has 1 saturated heterocycles. The van der Waals surface area contributed by atoms with Crippen molar-refractivity contribution in [1.29, 1.82) is 0 Å². The Balaban J connectivity index is 1.37. The Labute approximate surface area is 167 Å². The van der Waals surface area contributed by atoms with Gasteiger partial charge in [-0.15, -0.1) is 0 Å². The predicted octanol–water partition coefficient (Wildman–Crippen LogP) is 4.76. The highest BCUT2D eigenvalue weighted by Gasteiger charge is 2.72. The van der Waals surface area contributed by atoms with E-state index in [-0.39, 0.29) is 22.4 Å². The molecule has 6 aliphatic carbocycles. The molecule has 148 valence electrons. The summed E-state index contributed by atoms with van der Waals surface area (Å²) in [6.07, 6.45) is 14.3. The number of hydrogen-bond acceptors (Lipinski definition) is 3. The minimum absolute atomic E-state index is 0.0164. The van der Waals surface area contributed by atoms with Crippen molar-refractivity contribution in [2.45, 2.75) is 77.2 Å². The number of ketones is 1. The lowest BCUT2D eigenvalue weighted by Crippen LogP contribution is -2.52. The third-order valence-electron chi connectivity index (χ3n) is 10.8. The molecular weight excluding hydrogens is 348 g/mol. The number of hydrogen-bond donors (Lipinski definition) is 0. The first kappa shape index (κ1) is 16.4. The Morgan fingerprint density at radius 1 is 1.04 bits per heavy atom. The number of ether oxygens (including phenoxy) is 1. The van der Waals surface area contributed by atoms with Crippen molar-refractivity contribution < 1.29 is 14.3 Å². The molecule has 3 unspecified atom stereocenters. The standard InChI is InChI=1S/C25H30O3/c1-22-6-3-17-15(16(22)4-7-25(22)8-5-21(27)28-25)13-24(9-10-24)20-12-19(26)14-11-18(14)23(17,20)2/h3,12,14-16,18H,4-11,13H2,1-2H3/t14?,15?,16?,18-,22-,23-,25+/m0/s1. The SMILES string of the molecule is C[C@@]12C3=CC[C@@]4(C)C(CC[C@@]45CCC(=O)O5)C3CC3(CC3)C1=CC(=O)C1C[C@@H]12. The fraction of sp³-hybridized carbons (Fsp3) is 0.760. The Morgan fingerprint density at radius 2 is 1.86 bits per heavy atom. The fourth-order valence-electron chi connectivity index (χ4n) is 9.03. The van der Waals surface area contributed by atoms with Crippen LogP contribution in [0.5, 0.6) is 0 Å². The summed E-state index contributed by atoms with van der Waals surface area (Å²) in [5.74, 6) is 2.53. The zero-order valence-electron chi connectivity index (χ0n) is 17.1. The minimum atomic E-state index is -0.213. The smallest absolute Gasteiger partial charge is 0.306 e. The molecule has 0 radical (unpaired) electrons. The van der Waals surface area contributed by atoms with Crippen LogP contribution in [0.2, 0.25) is 0 Å². The van der Waals surface area contributed by atoms with Gasteiger partial charge < -0.3 is 4.74 Å². The van der Waals surface area contributed by atoms with E-state index in [2.05, 4.69) is 26.0 Å². The highest BCUT2D eigenvalue weighted by Crippen LogP contribution is 2.78. The summed E-state index contributed by atoms with van der Waals surface area (Å²) >= 11 is 0. The molecule has 3 nitrogen and oxygen atoms in total. The van der Waals surface area contributed by atoms with Crippen LogP contribution >= 0.6 is 0 Å². The zero-order chi connectivity index (χ0) is 19.1. The van der Waals surface area contributed by atoms with Gasteiger partial charge in [0.2, 0.25) is 0 Å². The summed E-state index contributed by atoms with van der Waals surface area (Å²) in [7, 11) is 0. The molecule has 1 aliphatic heterocycles. The van der Waals surface area contributed by atoms with Crippen molar-refractivity contribution in [3.8, 4) is 0 Å². The van der Waals surface area contributed by atoms with Gasteiger partial charge in [0.1, 0.15) is 5.60 Å². The minimum Gasteiger partial charge on any atom is -0.458 e. The van der Waals surface area contributed by atoms with Crippen molar-refractivity contribution in [1.82, 2.24) is 0 Å². The van der Waals surface area contributed by atoms with Gasteiger partial charge in [-0.1, -0.05) is 31.1 Å². The van der Waals surface area contributed by atoms with Crippen LogP contribution in [0.1, 0.15) is 71.6 Å². The van der Waals surface area contributed by atoms with Crippen LogP contribution < -0.4 is 0 Å². The van der Waals surface area contributed by atoms with E-state index in [9.17, 15) is 9.59 Å². The molecule has 4 saturated carbocycles. The molecule has 3 heteroatoms. The largest absolute Gasteiger partial charge is 0.458 e. The molecule has 7 atom stereocenters. The number of fused-ring (bicyclic) bond motifs is 9. The topological polar surface area (TPSA) is 43.4 Å². The van der Waals surface area contributed by atoms with E-state index in [1.165, 1.54) is 31.3 Å². The first-order valence-electron chi connectivity index (χ1n) is 11.5. The van der Waals surface area contributed by atoms with Crippen LogP contribution in [-0.4, -0.2) is 17.4 Å². The molecule has 1 heterocycles. The molecule has 7 aliphatic rings. The highest BCUT2D eigenvalue weighted by molar-refractivity contribution is 5.97. The number of esters is 1. The van der Waals surface area contributed by atoms with Crippen LogP contribution in [0.3, 0.4) is 0 Å². The van der Waals surface area contributed by atoms with E-state index in [0.29, 0.717) is 41.3 Å². The van der Waals surface area contributed by atoms with Crippen molar-refractivity contribution in [3.05, 3.63) is 23.3 Å². The van der Waals surface area contributed by atoms with Crippen molar-refractivity contribution >= 4 is 11.8 Å². The second-order valence-electron chi connectivity index (χ2n) is 11.6. The Hall–Kier alpha value is -1.38. The highest BCUT2D eigenvalue weighted by atomic mass is 16.6. The van der Waals surface area contributed by atoms with E-state index in [4.69, 9.17) is 4.74 Å². The molecule has 0 N–H and O–H groups in total. The average Bonchev–Trinajstić information content (AvgIpc) is 3.55. The van der Waals surface area contributed by atoms with Crippen LogP contribution in [-0.2, 0) is 14.3 Å². The van der Waals surface area contributed by atoms with Crippen molar-refractivity contribution in [2.75, 3.05) is 0 Å². The Bertz CT molecular complexity index is 907. The van der Waals surface area contributed by atoms with Crippen LogP contribution in [0, 0.1) is 39.9 Å². The first-order chi connectivity index (χ1) is 13.3. The average molecular weight is 379 g/mol. The molecule has 28 heavy (non-hydrogen) atoms. The van der Waals surface area contributed by atoms with Gasteiger partial charge in [-0.2, -0.15) is 0 Å². The van der Waals surface area contributed by atoms with Crippen molar-refractivity contribution in [2.24, 2.45) is 39.9 Å². The van der Waals surface area contributed by atoms with Crippen LogP contribution in [0.15, 0.2) is 23.3 Å². The summed E-state index contributed by atoms with van der Waals surface area (Å²) in [5.41, 5.74) is 3.49.